The maximum Gasteiger partial charge on any atom is 0.305 e. The molecular formula is C19H21NO3S. The van der Waals surface area contributed by atoms with E-state index < -0.39 is 11.2 Å². The number of thioether (sulfide) groups is 1. The Morgan fingerprint density at radius 2 is 2.08 bits per heavy atom. The van der Waals surface area contributed by atoms with Crippen LogP contribution in [-0.4, -0.2) is 22.2 Å². The molecule has 24 heavy (non-hydrogen) atoms. The van der Waals surface area contributed by atoms with E-state index in [1.807, 2.05) is 18.2 Å². The molecule has 1 unspecified atom stereocenters. The van der Waals surface area contributed by atoms with Crippen LogP contribution in [0.4, 0.5) is 0 Å². The third-order valence-corrected chi connectivity index (χ3v) is 4.75. The first-order valence-corrected chi connectivity index (χ1v) is 8.74. The topological polar surface area (TPSA) is 66.4 Å². The molecule has 1 atom stereocenters. The van der Waals surface area contributed by atoms with Gasteiger partial charge in [0.15, 0.2) is 0 Å². The van der Waals surface area contributed by atoms with Crippen LogP contribution in [0.3, 0.4) is 0 Å². The molecule has 5 heteroatoms. The fourth-order valence-corrected chi connectivity index (χ4v) is 3.25. The van der Waals surface area contributed by atoms with Crippen LogP contribution in [0.25, 0.3) is 6.08 Å². The average Bonchev–Trinajstić information content (AvgIpc) is 2.86. The van der Waals surface area contributed by atoms with Crippen molar-refractivity contribution in [3.05, 3.63) is 58.3 Å². The summed E-state index contributed by atoms with van der Waals surface area (Å²) in [5.41, 5.74) is 5.52. The number of carboxylic acids is 1. The zero-order valence-electron chi connectivity index (χ0n) is 13.8. The molecule has 1 aromatic rings. The SMILES string of the molecule is CC(C)c1ccc(C=C=CC/C=C2\NC(=O)C(CC(=O)O)S2)cc1. The van der Waals surface area contributed by atoms with Gasteiger partial charge in [-0.15, -0.1) is 5.73 Å². The number of hydrogen-bond acceptors (Lipinski definition) is 3. The lowest BCUT2D eigenvalue weighted by Crippen LogP contribution is -2.24. The van der Waals surface area contributed by atoms with Crippen LogP contribution in [0, 0.1) is 0 Å². The van der Waals surface area contributed by atoms with Gasteiger partial charge in [0, 0.05) is 0 Å². The minimum atomic E-state index is -0.963. The van der Waals surface area contributed by atoms with Crippen molar-refractivity contribution < 1.29 is 14.7 Å². The van der Waals surface area contributed by atoms with Gasteiger partial charge in [-0.25, -0.2) is 0 Å². The lowest BCUT2D eigenvalue weighted by atomic mass is 10.0. The monoisotopic (exact) mass is 343 g/mol. The van der Waals surface area contributed by atoms with E-state index in [4.69, 9.17) is 5.11 Å². The molecular weight excluding hydrogens is 322 g/mol. The van der Waals surface area contributed by atoms with E-state index in [2.05, 4.69) is 49.2 Å². The Morgan fingerprint density at radius 3 is 2.71 bits per heavy atom. The van der Waals surface area contributed by atoms with Gasteiger partial charge in [0.25, 0.3) is 0 Å². The highest BCUT2D eigenvalue weighted by molar-refractivity contribution is 8.04. The maximum absolute atomic E-state index is 11.6. The highest BCUT2D eigenvalue weighted by Gasteiger charge is 2.30. The number of aliphatic carboxylic acids is 1. The summed E-state index contributed by atoms with van der Waals surface area (Å²) in [5.74, 6) is -0.678. The molecule has 1 aliphatic rings. The minimum absolute atomic E-state index is 0.157. The van der Waals surface area contributed by atoms with Crippen LogP contribution in [0.1, 0.15) is 43.7 Å². The summed E-state index contributed by atoms with van der Waals surface area (Å²) in [5, 5.41) is 11.6. The Labute approximate surface area is 146 Å². The highest BCUT2D eigenvalue weighted by atomic mass is 32.2. The van der Waals surface area contributed by atoms with Crippen LogP contribution >= 0.6 is 11.8 Å². The van der Waals surface area contributed by atoms with Crippen LogP contribution in [-0.2, 0) is 9.59 Å². The fourth-order valence-electron chi connectivity index (χ4n) is 2.20. The van der Waals surface area contributed by atoms with E-state index in [0.29, 0.717) is 17.4 Å². The van der Waals surface area contributed by atoms with Crippen molar-refractivity contribution >= 4 is 29.7 Å². The number of allylic oxidation sites excluding steroid dienone is 2. The number of benzene rings is 1. The third-order valence-electron chi connectivity index (χ3n) is 3.56. The van der Waals surface area contributed by atoms with Crippen molar-refractivity contribution in [2.75, 3.05) is 0 Å². The van der Waals surface area contributed by atoms with Gasteiger partial charge in [-0.2, -0.15) is 0 Å². The van der Waals surface area contributed by atoms with Gasteiger partial charge in [-0.3, -0.25) is 9.59 Å². The number of hydrogen-bond donors (Lipinski definition) is 2. The van der Waals surface area contributed by atoms with Crippen LogP contribution < -0.4 is 5.32 Å². The van der Waals surface area contributed by atoms with Gasteiger partial charge in [0.2, 0.25) is 5.91 Å². The Morgan fingerprint density at radius 1 is 1.38 bits per heavy atom. The molecule has 1 heterocycles. The Balaban J connectivity index is 1.88. The normalized spacial score (nSPS) is 18.4. The van der Waals surface area contributed by atoms with Gasteiger partial charge >= 0.3 is 5.97 Å². The molecule has 2 N–H and O–H groups in total. The van der Waals surface area contributed by atoms with Crippen LogP contribution in [0.2, 0.25) is 0 Å². The van der Waals surface area contributed by atoms with Crippen LogP contribution in [0.15, 0.2) is 47.2 Å². The van der Waals surface area contributed by atoms with E-state index >= 15 is 0 Å². The first-order valence-electron chi connectivity index (χ1n) is 7.86. The molecule has 0 saturated carbocycles. The summed E-state index contributed by atoms with van der Waals surface area (Å²) in [4.78, 5) is 22.3. The number of rotatable bonds is 6. The molecule has 1 aliphatic heterocycles. The van der Waals surface area contributed by atoms with E-state index in [1.54, 1.807) is 0 Å². The predicted molar refractivity (Wildman–Crippen MR) is 97.6 cm³/mol. The summed E-state index contributed by atoms with van der Waals surface area (Å²) in [7, 11) is 0. The second kappa shape index (κ2) is 8.57. The van der Waals surface area contributed by atoms with Gasteiger partial charge in [0.1, 0.15) is 5.25 Å². The van der Waals surface area contributed by atoms with E-state index in [9.17, 15) is 9.59 Å². The van der Waals surface area contributed by atoms with E-state index in [0.717, 1.165) is 5.56 Å². The quantitative estimate of drug-likeness (QED) is 0.769. The number of carboxylic acid groups (broad SMARTS) is 1. The first kappa shape index (κ1) is 18.1. The summed E-state index contributed by atoms with van der Waals surface area (Å²) < 4.78 is 0. The zero-order chi connectivity index (χ0) is 17.5. The van der Waals surface area contributed by atoms with Gasteiger partial charge in [0.05, 0.1) is 11.4 Å². The number of carbonyl (C=O) groups is 2. The lowest BCUT2D eigenvalue weighted by molar-refractivity contribution is -0.138. The smallest absolute Gasteiger partial charge is 0.305 e. The minimum Gasteiger partial charge on any atom is -0.481 e. The highest BCUT2D eigenvalue weighted by Crippen LogP contribution is 2.29. The lowest BCUT2D eigenvalue weighted by Gasteiger charge is -2.04. The van der Waals surface area contributed by atoms with Crippen molar-refractivity contribution in [3.63, 3.8) is 0 Å². The van der Waals surface area contributed by atoms with E-state index in [1.165, 1.54) is 17.3 Å². The first-order chi connectivity index (χ1) is 11.5. The number of carbonyl (C=O) groups excluding carboxylic acids is 1. The van der Waals surface area contributed by atoms with Crippen molar-refractivity contribution in [2.24, 2.45) is 0 Å². The molecule has 1 aromatic carbocycles. The van der Waals surface area contributed by atoms with Crippen molar-refractivity contribution in [3.8, 4) is 0 Å². The van der Waals surface area contributed by atoms with Crippen molar-refractivity contribution in [2.45, 2.75) is 37.9 Å². The zero-order valence-corrected chi connectivity index (χ0v) is 14.6. The summed E-state index contributed by atoms with van der Waals surface area (Å²) in [6.07, 6.45) is 6.13. The largest absolute Gasteiger partial charge is 0.481 e. The molecule has 1 fully saturated rings. The van der Waals surface area contributed by atoms with Crippen molar-refractivity contribution in [1.82, 2.24) is 5.32 Å². The molecule has 0 aliphatic carbocycles. The number of nitrogens with one attached hydrogen (secondary N) is 1. The standard InChI is InChI=1S/C19H21NO3S/c1-13(2)15-10-8-14(9-11-15)6-4-3-5-7-17-20-19(23)16(24-17)12-18(21)22/h3,6-11,13,16H,5,12H2,1-2H3,(H,20,23)(H,21,22)/b17-7+. The summed E-state index contributed by atoms with van der Waals surface area (Å²) >= 11 is 1.27. The summed E-state index contributed by atoms with van der Waals surface area (Å²) in [6.45, 7) is 4.33. The average molecular weight is 343 g/mol. The molecule has 0 aromatic heterocycles. The Bertz CT molecular complexity index is 698. The molecule has 0 radical (unpaired) electrons. The molecule has 126 valence electrons. The Kier molecular flexibility index (Phi) is 6.47. The molecule has 0 spiro atoms. The van der Waals surface area contributed by atoms with Crippen molar-refractivity contribution in [1.29, 1.82) is 0 Å². The number of amides is 1. The van der Waals surface area contributed by atoms with Gasteiger partial charge in [-0.05, 0) is 41.7 Å². The molecule has 4 nitrogen and oxygen atoms in total. The molecule has 2 rings (SSSR count). The maximum atomic E-state index is 11.6. The molecule has 1 amide bonds. The predicted octanol–water partition coefficient (Wildman–Crippen LogP) is 3.92. The fraction of sp³-hybridized carbons (Fsp3) is 0.316. The van der Waals surface area contributed by atoms with Gasteiger partial charge < -0.3 is 10.4 Å². The van der Waals surface area contributed by atoms with Gasteiger partial charge in [-0.1, -0.05) is 49.9 Å². The van der Waals surface area contributed by atoms with E-state index in [-0.39, 0.29) is 12.3 Å². The summed E-state index contributed by atoms with van der Waals surface area (Å²) in [6, 6.07) is 8.37. The molecule has 1 saturated heterocycles. The second-order valence-electron chi connectivity index (χ2n) is 5.83. The van der Waals surface area contributed by atoms with Crippen LogP contribution in [0.5, 0.6) is 0 Å². The Hall–Kier alpha value is -2.23. The molecule has 0 bridgehead atoms. The second-order valence-corrected chi connectivity index (χ2v) is 7.08. The third kappa shape index (κ3) is 5.44.